The number of halogens is 1. The Balaban J connectivity index is 1.32. The molecule has 1 saturated heterocycles. The maximum absolute atomic E-state index is 15.3. The molecule has 4 heterocycles. The molecule has 8 heteroatoms. The third-order valence-corrected chi connectivity index (χ3v) is 7.09. The topological polar surface area (TPSA) is 64.7 Å². The van der Waals surface area contributed by atoms with Gasteiger partial charge >= 0.3 is 0 Å². The van der Waals surface area contributed by atoms with E-state index in [-0.39, 0.29) is 12.1 Å². The van der Waals surface area contributed by atoms with E-state index < -0.39 is 6.17 Å². The maximum atomic E-state index is 15.3. The van der Waals surface area contributed by atoms with E-state index in [0.717, 1.165) is 40.7 Å². The first-order valence-corrected chi connectivity index (χ1v) is 11.7. The molecule has 0 spiro atoms. The molecule has 0 N–H and O–H groups in total. The van der Waals surface area contributed by atoms with Crippen molar-refractivity contribution in [2.45, 2.75) is 51.0 Å². The third kappa shape index (κ3) is 4.25. The summed E-state index contributed by atoms with van der Waals surface area (Å²) < 4.78 is 18.8. The van der Waals surface area contributed by atoms with Crippen LogP contribution in [0.2, 0.25) is 0 Å². The van der Waals surface area contributed by atoms with Crippen molar-refractivity contribution in [2.75, 3.05) is 7.05 Å². The minimum Gasteiger partial charge on any atom is -0.298 e. The first kappa shape index (κ1) is 22.4. The molecule has 1 aromatic carbocycles. The molecule has 1 fully saturated rings. The molecule has 4 atom stereocenters. The molecule has 4 aromatic rings. The van der Waals surface area contributed by atoms with Gasteiger partial charge in [-0.15, -0.1) is 0 Å². The molecule has 0 radical (unpaired) electrons. The van der Waals surface area contributed by atoms with Crippen LogP contribution >= 0.6 is 0 Å². The number of rotatable bonds is 6. The van der Waals surface area contributed by atoms with E-state index in [9.17, 15) is 0 Å². The van der Waals surface area contributed by atoms with Crippen LogP contribution in [0.15, 0.2) is 61.4 Å². The van der Waals surface area contributed by atoms with Gasteiger partial charge in [-0.3, -0.25) is 14.3 Å². The van der Waals surface area contributed by atoms with Gasteiger partial charge in [0.05, 0.1) is 18.4 Å². The van der Waals surface area contributed by atoms with E-state index in [4.69, 9.17) is 0 Å². The van der Waals surface area contributed by atoms with E-state index >= 15 is 4.39 Å². The van der Waals surface area contributed by atoms with Crippen molar-refractivity contribution in [3.63, 3.8) is 0 Å². The number of aryl methyl sites for hydroxylation is 1. The monoisotopic (exact) mass is 459 g/mol. The highest BCUT2D eigenvalue weighted by Crippen LogP contribution is 2.31. The number of alkyl halides is 1. The third-order valence-electron chi connectivity index (χ3n) is 7.09. The fourth-order valence-electron chi connectivity index (χ4n) is 4.74. The van der Waals surface area contributed by atoms with Gasteiger partial charge in [0.25, 0.3) is 0 Å². The number of hydrogen-bond donors (Lipinski definition) is 0. The van der Waals surface area contributed by atoms with Crippen LogP contribution in [0.1, 0.15) is 32.7 Å². The minimum atomic E-state index is -0.978. The Bertz CT molecular complexity index is 1260. The van der Waals surface area contributed by atoms with E-state index in [1.807, 2.05) is 57.8 Å². The van der Waals surface area contributed by atoms with Gasteiger partial charge in [-0.1, -0.05) is 18.2 Å². The van der Waals surface area contributed by atoms with Gasteiger partial charge in [0, 0.05) is 66.2 Å². The molecule has 176 valence electrons. The number of likely N-dealkylation sites (tertiary alicyclic amines) is 1. The van der Waals surface area contributed by atoms with Crippen molar-refractivity contribution in [1.29, 1.82) is 0 Å². The normalized spacial score (nSPS) is 20.5. The Morgan fingerprint density at radius 3 is 2.26 bits per heavy atom. The van der Waals surface area contributed by atoms with Crippen LogP contribution in [-0.2, 0) is 7.05 Å². The van der Waals surface area contributed by atoms with Crippen molar-refractivity contribution < 1.29 is 4.39 Å². The van der Waals surface area contributed by atoms with Gasteiger partial charge < -0.3 is 0 Å². The second-order valence-electron chi connectivity index (χ2n) is 9.33. The van der Waals surface area contributed by atoms with Crippen molar-refractivity contribution in [3.05, 3.63) is 61.4 Å². The Hall–Kier alpha value is -3.39. The zero-order chi connectivity index (χ0) is 23.8. The summed E-state index contributed by atoms with van der Waals surface area (Å²) in [5.74, 6) is 0.650. The standard InChI is InChI=1S/C26H30FN7/c1-17-8-9-24(33(17)4)25(27)18(2)34-16-23(14-31-34)21-11-28-26(29-12-21)20-7-5-6-19(10-20)22-13-30-32(3)15-22/h5-7,10-18,24-25H,8-9H2,1-4H3/t17-,18+,24+,25-/m0/s1. The van der Waals surface area contributed by atoms with E-state index in [1.165, 1.54) is 0 Å². The van der Waals surface area contributed by atoms with Crippen molar-refractivity contribution in [3.8, 4) is 33.6 Å². The van der Waals surface area contributed by atoms with Crippen LogP contribution in [-0.4, -0.2) is 59.7 Å². The predicted octanol–water partition coefficient (Wildman–Crippen LogP) is 4.79. The number of benzene rings is 1. The SMILES string of the molecule is C[C@H]([C@H](F)[C@H]1CC[C@H](C)N1C)n1cc(-c2cnc(-c3cccc(-c4cnn(C)c4)c3)nc2)cn1. The fraction of sp³-hybridized carbons (Fsp3) is 0.385. The summed E-state index contributed by atoms with van der Waals surface area (Å²) in [7, 11) is 3.92. The minimum absolute atomic E-state index is 0.0669. The molecule has 3 aromatic heterocycles. The van der Waals surface area contributed by atoms with Gasteiger partial charge in [-0.2, -0.15) is 10.2 Å². The molecule has 0 unspecified atom stereocenters. The second-order valence-corrected chi connectivity index (χ2v) is 9.33. The summed E-state index contributed by atoms with van der Waals surface area (Å²) >= 11 is 0. The maximum Gasteiger partial charge on any atom is 0.159 e. The number of nitrogens with zero attached hydrogens (tertiary/aromatic N) is 7. The highest BCUT2D eigenvalue weighted by atomic mass is 19.1. The predicted molar refractivity (Wildman–Crippen MR) is 131 cm³/mol. The molecule has 1 aliphatic heterocycles. The average molecular weight is 460 g/mol. The molecule has 0 amide bonds. The van der Waals surface area contributed by atoms with Gasteiger partial charge in [0.1, 0.15) is 6.17 Å². The van der Waals surface area contributed by atoms with E-state index in [0.29, 0.717) is 11.9 Å². The van der Waals surface area contributed by atoms with E-state index in [1.54, 1.807) is 28.0 Å². The summed E-state index contributed by atoms with van der Waals surface area (Å²) in [6.45, 7) is 4.05. The van der Waals surface area contributed by atoms with Crippen molar-refractivity contribution in [2.24, 2.45) is 7.05 Å². The van der Waals surface area contributed by atoms with Crippen molar-refractivity contribution >= 4 is 0 Å². The summed E-state index contributed by atoms with van der Waals surface area (Å²) in [6, 6.07) is 8.11. The summed E-state index contributed by atoms with van der Waals surface area (Å²) in [6.07, 6.45) is 12.0. The second kappa shape index (κ2) is 9.10. The summed E-state index contributed by atoms with van der Waals surface area (Å²) in [4.78, 5) is 11.3. The van der Waals surface area contributed by atoms with Crippen LogP contribution in [0.25, 0.3) is 33.6 Å². The molecule has 0 bridgehead atoms. The smallest absolute Gasteiger partial charge is 0.159 e. The Kier molecular flexibility index (Phi) is 6.00. The van der Waals surface area contributed by atoms with Crippen LogP contribution in [0, 0.1) is 0 Å². The Morgan fingerprint density at radius 2 is 1.59 bits per heavy atom. The highest BCUT2D eigenvalue weighted by molar-refractivity contribution is 5.70. The van der Waals surface area contributed by atoms with Crippen LogP contribution in [0.3, 0.4) is 0 Å². The average Bonchev–Trinajstić information content (AvgIpc) is 3.60. The zero-order valence-corrected chi connectivity index (χ0v) is 20.0. The molecule has 34 heavy (non-hydrogen) atoms. The fourth-order valence-corrected chi connectivity index (χ4v) is 4.74. The first-order chi connectivity index (χ1) is 16.4. The first-order valence-electron chi connectivity index (χ1n) is 11.7. The summed E-state index contributed by atoms with van der Waals surface area (Å²) in [5, 5.41) is 8.70. The summed E-state index contributed by atoms with van der Waals surface area (Å²) in [5.41, 5.74) is 4.78. The largest absolute Gasteiger partial charge is 0.298 e. The Morgan fingerprint density at radius 1 is 0.882 bits per heavy atom. The molecule has 0 saturated carbocycles. The molecule has 0 aliphatic carbocycles. The number of aromatic nitrogens is 6. The van der Waals surface area contributed by atoms with Gasteiger partial charge in [0.2, 0.25) is 0 Å². The van der Waals surface area contributed by atoms with Gasteiger partial charge in [-0.25, -0.2) is 14.4 Å². The molecule has 5 rings (SSSR count). The van der Waals surface area contributed by atoms with Gasteiger partial charge in [-0.05, 0) is 45.4 Å². The zero-order valence-electron chi connectivity index (χ0n) is 20.0. The lowest BCUT2D eigenvalue weighted by Gasteiger charge is -2.29. The highest BCUT2D eigenvalue weighted by Gasteiger charge is 2.37. The van der Waals surface area contributed by atoms with Crippen LogP contribution in [0.4, 0.5) is 4.39 Å². The van der Waals surface area contributed by atoms with Crippen LogP contribution < -0.4 is 0 Å². The van der Waals surface area contributed by atoms with Crippen molar-refractivity contribution in [1.82, 2.24) is 34.4 Å². The quantitative estimate of drug-likeness (QED) is 0.415. The van der Waals surface area contributed by atoms with Gasteiger partial charge in [0.15, 0.2) is 5.82 Å². The molecular formula is C26H30FN7. The molecular weight excluding hydrogens is 429 g/mol. The molecule has 7 nitrogen and oxygen atoms in total. The lowest BCUT2D eigenvalue weighted by atomic mass is 10.0. The molecule has 1 aliphatic rings. The lowest BCUT2D eigenvalue weighted by Crippen LogP contribution is -2.40. The lowest BCUT2D eigenvalue weighted by molar-refractivity contribution is 0.107. The van der Waals surface area contributed by atoms with Crippen LogP contribution in [0.5, 0.6) is 0 Å². The Labute approximate surface area is 199 Å². The van der Waals surface area contributed by atoms with E-state index in [2.05, 4.69) is 38.1 Å². The number of hydrogen-bond acceptors (Lipinski definition) is 5.